The lowest BCUT2D eigenvalue weighted by atomic mass is 10.1. The quantitative estimate of drug-likeness (QED) is 0.514. The standard InChI is InChI=1S/C17H22N4O5/c1-20-14-10-11(26-9-8-25-7-6-18)2-3-12(14)21(17(20)24)13-4-5-15(22)19-16(13)23/h2-3,10,13H,4-9,18H2,1H3,(H,19,22,23). The van der Waals surface area contributed by atoms with Gasteiger partial charge in [-0.05, 0) is 18.6 Å². The molecule has 1 aliphatic heterocycles. The predicted molar refractivity (Wildman–Crippen MR) is 94.0 cm³/mol. The van der Waals surface area contributed by atoms with Gasteiger partial charge in [-0.15, -0.1) is 0 Å². The van der Waals surface area contributed by atoms with E-state index >= 15 is 0 Å². The summed E-state index contributed by atoms with van der Waals surface area (Å²) in [6.45, 7) is 1.73. The van der Waals surface area contributed by atoms with Crippen molar-refractivity contribution in [3.8, 4) is 5.75 Å². The Kier molecular flexibility index (Phi) is 5.38. The van der Waals surface area contributed by atoms with E-state index in [1.165, 1.54) is 9.13 Å². The third-order valence-corrected chi connectivity index (χ3v) is 4.34. The van der Waals surface area contributed by atoms with E-state index in [-0.39, 0.29) is 18.0 Å². The molecule has 1 atom stereocenters. The van der Waals surface area contributed by atoms with Gasteiger partial charge in [0.1, 0.15) is 18.4 Å². The molecule has 0 saturated carbocycles. The van der Waals surface area contributed by atoms with Crippen molar-refractivity contribution in [3.63, 3.8) is 0 Å². The second-order valence-electron chi connectivity index (χ2n) is 6.08. The lowest BCUT2D eigenvalue weighted by molar-refractivity contribution is -0.135. The molecule has 1 saturated heterocycles. The van der Waals surface area contributed by atoms with Crippen molar-refractivity contribution >= 4 is 22.8 Å². The Morgan fingerprint density at radius 3 is 2.73 bits per heavy atom. The molecule has 2 amide bonds. The van der Waals surface area contributed by atoms with Crippen LogP contribution in [-0.4, -0.2) is 47.3 Å². The minimum atomic E-state index is -0.694. The van der Waals surface area contributed by atoms with Gasteiger partial charge in [0, 0.05) is 26.1 Å². The van der Waals surface area contributed by atoms with Crippen LogP contribution in [0.1, 0.15) is 18.9 Å². The van der Waals surface area contributed by atoms with E-state index in [0.717, 1.165) is 0 Å². The third-order valence-electron chi connectivity index (χ3n) is 4.34. The summed E-state index contributed by atoms with van der Waals surface area (Å²) in [7, 11) is 1.64. The number of carbonyl (C=O) groups is 2. The lowest BCUT2D eigenvalue weighted by Gasteiger charge is -2.21. The van der Waals surface area contributed by atoms with E-state index in [4.69, 9.17) is 15.2 Å². The molecule has 1 aromatic heterocycles. The van der Waals surface area contributed by atoms with Crippen LogP contribution in [0, 0.1) is 0 Å². The minimum Gasteiger partial charge on any atom is -0.491 e. The molecular formula is C17H22N4O5. The Balaban J connectivity index is 1.85. The van der Waals surface area contributed by atoms with Gasteiger partial charge < -0.3 is 15.2 Å². The summed E-state index contributed by atoms with van der Waals surface area (Å²) in [5.41, 5.74) is 6.32. The number of aryl methyl sites for hydroxylation is 1. The molecule has 0 spiro atoms. The fourth-order valence-electron chi connectivity index (χ4n) is 3.07. The first-order valence-corrected chi connectivity index (χ1v) is 8.48. The average Bonchev–Trinajstić information content (AvgIpc) is 2.86. The van der Waals surface area contributed by atoms with Crippen LogP contribution in [0.4, 0.5) is 0 Å². The van der Waals surface area contributed by atoms with E-state index in [1.807, 2.05) is 0 Å². The zero-order valence-electron chi connectivity index (χ0n) is 14.6. The molecule has 1 aromatic carbocycles. The number of amides is 2. The van der Waals surface area contributed by atoms with E-state index in [2.05, 4.69) is 5.32 Å². The number of hydrogen-bond acceptors (Lipinski definition) is 6. The lowest BCUT2D eigenvalue weighted by Crippen LogP contribution is -2.44. The second-order valence-corrected chi connectivity index (χ2v) is 6.08. The molecular weight excluding hydrogens is 340 g/mol. The van der Waals surface area contributed by atoms with Crippen LogP contribution in [0.5, 0.6) is 5.75 Å². The van der Waals surface area contributed by atoms with Gasteiger partial charge in [-0.25, -0.2) is 4.79 Å². The first-order valence-electron chi connectivity index (χ1n) is 8.48. The highest BCUT2D eigenvalue weighted by Crippen LogP contribution is 2.25. The van der Waals surface area contributed by atoms with Crippen LogP contribution in [0.15, 0.2) is 23.0 Å². The zero-order chi connectivity index (χ0) is 18.7. The Labute approximate surface area is 149 Å². The fraction of sp³-hybridized carbons (Fsp3) is 0.471. The first kappa shape index (κ1) is 18.2. The highest BCUT2D eigenvalue weighted by atomic mass is 16.5. The Morgan fingerprint density at radius 2 is 2.00 bits per heavy atom. The molecule has 0 radical (unpaired) electrons. The summed E-state index contributed by atoms with van der Waals surface area (Å²) in [6.07, 6.45) is 0.518. The molecule has 1 fully saturated rings. The molecule has 1 aliphatic rings. The smallest absolute Gasteiger partial charge is 0.329 e. The molecule has 2 aromatic rings. The number of carbonyl (C=O) groups excluding carboxylic acids is 2. The number of fused-ring (bicyclic) bond motifs is 1. The highest BCUT2D eigenvalue weighted by molar-refractivity contribution is 6.00. The van der Waals surface area contributed by atoms with Crippen LogP contribution >= 0.6 is 0 Å². The number of nitrogens with one attached hydrogen (secondary N) is 1. The number of imidazole rings is 1. The summed E-state index contributed by atoms with van der Waals surface area (Å²) in [4.78, 5) is 36.2. The van der Waals surface area contributed by atoms with E-state index in [1.54, 1.807) is 25.2 Å². The zero-order valence-corrected chi connectivity index (χ0v) is 14.6. The van der Waals surface area contributed by atoms with Crippen molar-refractivity contribution in [1.82, 2.24) is 14.5 Å². The van der Waals surface area contributed by atoms with Gasteiger partial charge in [-0.3, -0.25) is 24.0 Å². The van der Waals surface area contributed by atoms with Crippen molar-refractivity contribution in [2.45, 2.75) is 18.9 Å². The van der Waals surface area contributed by atoms with Crippen LogP contribution < -0.4 is 21.5 Å². The molecule has 1 unspecified atom stereocenters. The van der Waals surface area contributed by atoms with Gasteiger partial charge in [-0.1, -0.05) is 0 Å². The van der Waals surface area contributed by atoms with Crippen LogP contribution in [0.3, 0.4) is 0 Å². The maximum absolute atomic E-state index is 12.6. The number of aromatic nitrogens is 2. The monoisotopic (exact) mass is 362 g/mol. The van der Waals surface area contributed by atoms with Crippen molar-refractivity contribution in [3.05, 3.63) is 28.7 Å². The van der Waals surface area contributed by atoms with E-state index < -0.39 is 11.9 Å². The van der Waals surface area contributed by atoms with Gasteiger partial charge in [0.05, 0.1) is 24.2 Å². The number of nitrogens with zero attached hydrogens (tertiary/aromatic N) is 2. The Hall–Kier alpha value is -2.65. The molecule has 9 nitrogen and oxygen atoms in total. The van der Waals surface area contributed by atoms with Gasteiger partial charge in [0.15, 0.2) is 0 Å². The van der Waals surface area contributed by atoms with Crippen molar-refractivity contribution in [2.24, 2.45) is 12.8 Å². The summed E-state index contributed by atoms with van der Waals surface area (Å²) in [5, 5.41) is 2.29. The van der Waals surface area contributed by atoms with Crippen LogP contribution in [-0.2, 0) is 21.4 Å². The number of rotatable bonds is 7. The number of piperidine rings is 1. The molecule has 140 valence electrons. The average molecular weight is 362 g/mol. The fourth-order valence-corrected chi connectivity index (χ4v) is 3.07. The molecule has 3 rings (SSSR count). The molecule has 2 heterocycles. The number of imide groups is 1. The van der Waals surface area contributed by atoms with Gasteiger partial charge in [0.2, 0.25) is 11.8 Å². The summed E-state index contributed by atoms with van der Waals surface area (Å²) in [6, 6.07) is 4.55. The van der Waals surface area contributed by atoms with E-state index in [0.29, 0.717) is 49.6 Å². The number of ether oxygens (including phenoxy) is 2. The summed E-state index contributed by atoms with van der Waals surface area (Å²) in [5.74, 6) is -0.162. The maximum Gasteiger partial charge on any atom is 0.329 e. The Bertz CT molecular complexity index is 885. The second kappa shape index (κ2) is 7.71. The molecule has 26 heavy (non-hydrogen) atoms. The molecule has 0 bridgehead atoms. The van der Waals surface area contributed by atoms with Gasteiger partial charge in [-0.2, -0.15) is 0 Å². The minimum absolute atomic E-state index is 0.212. The molecule has 0 aliphatic carbocycles. The normalized spacial score (nSPS) is 17.5. The maximum atomic E-state index is 12.6. The molecule has 9 heteroatoms. The Morgan fingerprint density at radius 1 is 1.19 bits per heavy atom. The molecule has 3 N–H and O–H groups in total. The SMILES string of the molecule is Cn1c(=O)n(C2CCC(=O)NC2=O)c2ccc(OCCOCCN)cc21. The number of benzene rings is 1. The van der Waals surface area contributed by atoms with Gasteiger partial charge in [0.25, 0.3) is 0 Å². The van der Waals surface area contributed by atoms with Gasteiger partial charge >= 0.3 is 5.69 Å². The number of nitrogens with two attached hydrogens (primary N) is 1. The predicted octanol–water partition coefficient (Wildman–Crippen LogP) is -0.328. The van der Waals surface area contributed by atoms with Crippen molar-refractivity contribution < 1.29 is 19.1 Å². The summed E-state index contributed by atoms with van der Waals surface area (Å²) < 4.78 is 13.8. The highest BCUT2D eigenvalue weighted by Gasteiger charge is 2.31. The first-order chi connectivity index (χ1) is 12.5. The van der Waals surface area contributed by atoms with Crippen LogP contribution in [0.2, 0.25) is 0 Å². The topological polar surface area (TPSA) is 118 Å². The van der Waals surface area contributed by atoms with Crippen LogP contribution in [0.25, 0.3) is 11.0 Å². The van der Waals surface area contributed by atoms with Crippen molar-refractivity contribution in [2.75, 3.05) is 26.4 Å². The van der Waals surface area contributed by atoms with E-state index in [9.17, 15) is 14.4 Å². The number of hydrogen-bond donors (Lipinski definition) is 2. The van der Waals surface area contributed by atoms with Crippen molar-refractivity contribution in [1.29, 1.82) is 0 Å². The third kappa shape index (κ3) is 3.49. The largest absolute Gasteiger partial charge is 0.491 e. The summed E-state index contributed by atoms with van der Waals surface area (Å²) >= 11 is 0.